The first-order valence-corrected chi connectivity index (χ1v) is 4.19. The molecule has 1 heterocycles. The average molecular weight is 150 g/mol. The lowest BCUT2D eigenvalue weighted by Crippen LogP contribution is -2.31. The Balaban J connectivity index is 2.86. The van der Waals surface area contributed by atoms with Gasteiger partial charge in [0.15, 0.2) is 11.9 Å². The number of pyridine rings is 1. The van der Waals surface area contributed by atoms with Crippen LogP contribution in [0.3, 0.4) is 0 Å². The standard InChI is InChI=1S/C10H16N/c1-4-5-10-6-7-11(3)9(2)8-10/h6-8H,4-5H2,1-3H3/q+1. The Morgan fingerprint density at radius 3 is 2.73 bits per heavy atom. The quantitative estimate of drug-likeness (QED) is 0.566. The summed E-state index contributed by atoms with van der Waals surface area (Å²) in [7, 11) is 2.07. The van der Waals surface area contributed by atoms with Gasteiger partial charge in [0.1, 0.15) is 7.05 Å². The van der Waals surface area contributed by atoms with Crippen LogP contribution >= 0.6 is 0 Å². The zero-order chi connectivity index (χ0) is 8.27. The highest BCUT2D eigenvalue weighted by atomic mass is 14.9. The molecule has 0 saturated heterocycles. The number of aromatic nitrogens is 1. The minimum absolute atomic E-state index is 1.20. The van der Waals surface area contributed by atoms with Crippen LogP contribution in [0, 0.1) is 6.92 Å². The Morgan fingerprint density at radius 1 is 1.45 bits per heavy atom. The van der Waals surface area contributed by atoms with Crippen LogP contribution in [0.15, 0.2) is 18.3 Å². The minimum atomic E-state index is 1.20. The smallest absolute Gasteiger partial charge is 0.178 e. The SMILES string of the molecule is CCCc1cc[n+](C)c(C)c1. The molecule has 0 amide bonds. The lowest BCUT2D eigenvalue weighted by atomic mass is 10.1. The maximum absolute atomic E-state index is 2.25. The summed E-state index contributed by atoms with van der Waals surface area (Å²) >= 11 is 0. The second-order valence-corrected chi connectivity index (χ2v) is 3.04. The molecular formula is C10H16N+. The molecule has 11 heavy (non-hydrogen) atoms. The van der Waals surface area contributed by atoms with E-state index in [1.807, 2.05) is 0 Å². The van der Waals surface area contributed by atoms with Gasteiger partial charge < -0.3 is 0 Å². The molecule has 0 N–H and O–H groups in total. The highest BCUT2D eigenvalue weighted by Crippen LogP contribution is 2.01. The first kappa shape index (κ1) is 8.25. The van der Waals surface area contributed by atoms with Gasteiger partial charge in [-0.05, 0) is 12.0 Å². The van der Waals surface area contributed by atoms with Crippen molar-refractivity contribution >= 4 is 0 Å². The van der Waals surface area contributed by atoms with E-state index in [-0.39, 0.29) is 0 Å². The molecule has 60 valence electrons. The van der Waals surface area contributed by atoms with E-state index in [1.54, 1.807) is 0 Å². The van der Waals surface area contributed by atoms with Crippen LogP contribution in [0.4, 0.5) is 0 Å². The molecule has 1 nitrogen and oxygen atoms in total. The van der Waals surface area contributed by atoms with E-state index in [1.165, 1.54) is 24.1 Å². The van der Waals surface area contributed by atoms with Gasteiger partial charge in [-0.3, -0.25) is 0 Å². The van der Waals surface area contributed by atoms with E-state index >= 15 is 0 Å². The third kappa shape index (κ3) is 2.04. The van der Waals surface area contributed by atoms with Gasteiger partial charge in [-0.25, -0.2) is 4.57 Å². The van der Waals surface area contributed by atoms with E-state index in [0.29, 0.717) is 0 Å². The molecule has 0 bridgehead atoms. The van der Waals surface area contributed by atoms with E-state index in [4.69, 9.17) is 0 Å². The van der Waals surface area contributed by atoms with E-state index < -0.39 is 0 Å². The second-order valence-electron chi connectivity index (χ2n) is 3.04. The van der Waals surface area contributed by atoms with Gasteiger partial charge in [-0.15, -0.1) is 0 Å². The Kier molecular flexibility index (Phi) is 2.64. The molecule has 1 heteroatoms. The largest absolute Gasteiger partial charge is 0.205 e. The summed E-state index contributed by atoms with van der Waals surface area (Å²) in [5.74, 6) is 0. The maximum atomic E-state index is 2.25. The van der Waals surface area contributed by atoms with Gasteiger partial charge in [-0.1, -0.05) is 13.3 Å². The van der Waals surface area contributed by atoms with E-state index in [2.05, 4.69) is 43.8 Å². The maximum Gasteiger partial charge on any atom is 0.178 e. The molecule has 0 atom stereocenters. The van der Waals surface area contributed by atoms with Gasteiger partial charge in [0, 0.05) is 19.1 Å². The number of aryl methyl sites for hydroxylation is 3. The van der Waals surface area contributed by atoms with Gasteiger partial charge in [0.25, 0.3) is 0 Å². The van der Waals surface area contributed by atoms with Crippen molar-refractivity contribution in [2.75, 3.05) is 0 Å². The van der Waals surface area contributed by atoms with Gasteiger partial charge in [-0.2, -0.15) is 0 Å². The zero-order valence-corrected chi connectivity index (χ0v) is 7.59. The third-order valence-electron chi connectivity index (χ3n) is 2.00. The molecule has 0 fully saturated rings. The van der Waals surface area contributed by atoms with Crippen molar-refractivity contribution in [3.05, 3.63) is 29.6 Å². The fourth-order valence-corrected chi connectivity index (χ4v) is 1.19. The van der Waals surface area contributed by atoms with Crippen LogP contribution < -0.4 is 4.57 Å². The van der Waals surface area contributed by atoms with Crippen LogP contribution in [0.1, 0.15) is 24.6 Å². The van der Waals surface area contributed by atoms with Crippen LogP contribution in [0.5, 0.6) is 0 Å². The number of nitrogens with zero attached hydrogens (tertiary/aromatic N) is 1. The summed E-state index contributed by atoms with van der Waals surface area (Å²) < 4.78 is 2.14. The monoisotopic (exact) mass is 150 g/mol. The summed E-state index contributed by atoms with van der Waals surface area (Å²) in [6.07, 6.45) is 4.55. The molecule has 0 aliphatic carbocycles. The van der Waals surface area contributed by atoms with Crippen molar-refractivity contribution in [1.82, 2.24) is 0 Å². The molecular weight excluding hydrogens is 134 g/mol. The number of rotatable bonds is 2. The van der Waals surface area contributed by atoms with Crippen LogP contribution in [0.2, 0.25) is 0 Å². The lowest BCUT2D eigenvalue weighted by Gasteiger charge is -1.97. The fraction of sp³-hybridized carbons (Fsp3) is 0.500. The van der Waals surface area contributed by atoms with Crippen molar-refractivity contribution in [2.45, 2.75) is 26.7 Å². The van der Waals surface area contributed by atoms with Gasteiger partial charge >= 0.3 is 0 Å². The van der Waals surface area contributed by atoms with Gasteiger partial charge in [0.2, 0.25) is 0 Å². The molecule has 0 spiro atoms. The van der Waals surface area contributed by atoms with E-state index in [9.17, 15) is 0 Å². The predicted molar refractivity (Wildman–Crippen MR) is 46.4 cm³/mol. The van der Waals surface area contributed by atoms with Crippen molar-refractivity contribution in [3.63, 3.8) is 0 Å². The first-order chi connectivity index (χ1) is 5.24. The Labute approximate surface area is 68.7 Å². The highest BCUT2D eigenvalue weighted by Gasteiger charge is 1.99. The third-order valence-corrected chi connectivity index (χ3v) is 2.00. The minimum Gasteiger partial charge on any atom is -0.205 e. The Hall–Kier alpha value is -0.850. The molecule has 1 aromatic rings. The molecule has 0 aliphatic rings. The molecule has 0 radical (unpaired) electrons. The number of hydrogen-bond donors (Lipinski definition) is 0. The average Bonchev–Trinajstić information content (AvgIpc) is 1.98. The first-order valence-electron chi connectivity index (χ1n) is 4.19. The van der Waals surface area contributed by atoms with Crippen molar-refractivity contribution < 1.29 is 4.57 Å². The van der Waals surface area contributed by atoms with E-state index in [0.717, 1.165) is 0 Å². The summed E-state index contributed by atoms with van der Waals surface area (Å²) in [6.45, 7) is 4.35. The summed E-state index contributed by atoms with van der Waals surface area (Å²) in [5.41, 5.74) is 2.78. The summed E-state index contributed by atoms with van der Waals surface area (Å²) in [6, 6.07) is 4.44. The van der Waals surface area contributed by atoms with Crippen LogP contribution in [-0.2, 0) is 13.5 Å². The second kappa shape index (κ2) is 3.51. The zero-order valence-electron chi connectivity index (χ0n) is 7.59. The summed E-state index contributed by atoms with van der Waals surface area (Å²) in [4.78, 5) is 0. The lowest BCUT2D eigenvalue weighted by molar-refractivity contribution is -0.677. The molecule has 1 rings (SSSR count). The molecule has 0 unspecified atom stereocenters. The molecule has 0 aliphatic heterocycles. The molecule has 0 saturated carbocycles. The number of hydrogen-bond acceptors (Lipinski definition) is 0. The predicted octanol–water partition coefficient (Wildman–Crippen LogP) is 1.77. The van der Waals surface area contributed by atoms with Crippen molar-refractivity contribution in [3.8, 4) is 0 Å². The normalized spacial score (nSPS) is 10.1. The van der Waals surface area contributed by atoms with Crippen molar-refractivity contribution in [2.24, 2.45) is 7.05 Å². The Morgan fingerprint density at radius 2 is 2.18 bits per heavy atom. The molecule has 1 aromatic heterocycles. The van der Waals surface area contributed by atoms with Crippen molar-refractivity contribution in [1.29, 1.82) is 0 Å². The molecule has 0 aromatic carbocycles. The van der Waals surface area contributed by atoms with Gasteiger partial charge in [0.05, 0.1) is 0 Å². The summed E-state index contributed by atoms with van der Waals surface area (Å²) in [5, 5.41) is 0. The topological polar surface area (TPSA) is 3.88 Å². The fourth-order valence-electron chi connectivity index (χ4n) is 1.19. The Bertz CT molecular complexity index is 241. The van der Waals surface area contributed by atoms with Crippen LogP contribution in [-0.4, -0.2) is 0 Å². The van der Waals surface area contributed by atoms with Crippen LogP contribution in [0.25, 0.3) is 0 Å². The highest BCUT2D eigenvalue weighted by molar-refractivity contribution is 5.11.